The zero-order valence-electron chi connectivity index (χ0n) is 10.4. The monoisotopic (exact) mass is 303 g/mol. The number of halogens is 4. The highest BCUT2D eigenvalue weighted by molar-refractivity contribution is 6.02. The third-order valence-electron chi connectivity index (χ3n) is 2.48. The largest absolute Gasteiger partial charge is 0.329 e. The number of nitrogens with zero attached hydrogens (tertiary/aromatic N) is 3. The molecule has 1 heterocycles. The molecular weight excluding hydrogens is 294 g/mol. The van der Waals surface area contributed by atoms with Crippen molar-refractivity contribution >= 4 is 11.6 Å². The number of hydrogen-bond acceptors (Lipinski definition) is 4. The summed E-state index contributed by atoms with van der Waals surface area (Å²) in [7, 11) is 0. The van der Waals surface area contributed by atoms with Crippen LogP contribution in [0.5, 0.6) is 0 Å². The van der Waals surface area contributed by atoms with E-state index in [9.17, 15) is 22.4 Å². The van der Waals surface area contributed by atoms with Crippen LogP contribution in [-0.2, 0) is 6.54 Å². The molecule has 0 aliphatic carbocycles. The van der Waals surface area contributed by atoms with Gasteiger partial charge in [-0.25, -0.2) is 17.6 Å². The van der Waals surface area contributed by atoms with E-state index in [1.54, 1.807) is 5.32 Å². The van der Waals surface area contributed by atoms with Crippen molar-refractivity contribution < 1.29 is 22.4 Å². The Balaban J connectivity index is 2.27. The molecule has 1 aromatic carbocycles. The predicted molar refractivity (Wildman–Crippen MR) is 63.3 cm³/mol. The minimum Gasteiger partial charge on any atom is -0.329 e. The Bertz CT molecular complexity index is 661. The van der Waals surface area contributed by atoms with Gasteiger partial charge in [-0.2, -0.15) is 0 Å². The van der Waals surface area contributed by atoms with E-state index in [1.807, 2.05) is 0 Å². The van der Waals surface area contributed by atoms with Crippen LogP contribution >= 0.6 is 0 Å². The molecule has 0 radical (unpaired) electrons. The van der Waals surface area contributed by atoms with Crippen LogP contribution in [0.25, 0.3) is 0 Å². The average molecular weight is 303 g/mol. The molecule has 0 aliphatic rings. The maximum absolute atomic E-state index is 13.4. The van der Waals surface area contributed by atoms with Crippen molar-refractivity contribution in [2.75, 3.05) is 11.9 Å². The predicted octanol–water partition coefficient (Wildman–Crippen LogP) is 1.05. The first-order chi connectivity index (χ1) is 9.93. The Hall–Kier alpha value is -2.49. The van der Waals surface area contributed by atoms with E-state index in [0.717, 1.165) is 0 Å². The molecule has 3 N–H and O–H groups in total. The summed E-state index contributed by atoms with van der Waals surface area (Å²) in [4.78, 5) is 11.7. The topological polar surface area (TPSA) is 85.8 Å². The zero-order valence-corrected chi connectivity index (χ0v) is 10.4. The fourth-order valence-electron chi connectivity index (χ4n) is 1.50. The van der Waals surface area contributed by atoms with E-state index in [2.05, 4.69) is 10.3 Å². The van der Waals surface area contributed by atoms with Crippen LogP contribution < -0.4 is 11.1 Å². The van der Waals surface area contributed by atoms with Crippen molar-refractivity contribution in [3.8, 4) is 0 Å². The lowest BCUT2D eigenvalue weighted by molar-refractivity contribution is 0.102. The number of carbonyl (C=O) groups is 1. The molecule has 6 nitrogen and oxygen atoms in total. The van der Waals surface area contributed by atoms with Crippen molar-refractivity contribution in [1.82, 2.24) is 15.0 Å². The highest BCUT2D eigenvalue weighted by Crippen LogP contribution is 2.24. The zero-order chi connectivity index (χ0) is 15.6. The minimum atomic E-state index is -1.71. The second kappa shape index (κ2) is 5.87. The van der Waals surface area contributed by atoms with E-state index in [4.69, 9.17) is 5.73 Å². The summed E-state index contributed by atoms with van der Waals surface area (Å²) < 4.78 is 54.0. The van der Waals surface area contributed by atoms with E-state index in [1.165, 1.54) is 10.9 Å². The summed E-state index contributed by atoms with van der Waals surface area (Å²) in [5, 5.41) is 8.70. The summed E-state index contributed by atoms with van der Waals surface area (Å²) in [5.41, 5.74) is 3.75. The third-order valence-corrected chi connectivity index (χ3v) is 2.48. The molecule has 112 valence electrons. The van der Waals surface area contributed by atoms with Gasteiger partial charge in [0.05, 0.1) is 12.7 Å². The summed E-state index contributed by atoms with van der Waals surface area (Å²) >= 11 is 0. The van der Waals surface area contributed by atoms with Crippen LogP contribution in [0.4, 0.5) is 23.2 Å². The number of amides is 1. The quantitative estimate of drug-likeness (QED) is 0.653. The van der Waals surface area contributed by atoms with Gasteiger partial charge in [-0.1, -0.05) is 5.21 Å². The maximum Gasteiger partial charge on any atom is 0.278 e. The number of carbonyl (C=O) groups excluding carboxylic acids is 1. The SMILES string of the molecule is NCCn1cc(C(=O)Nc2c(F)c(F)cc(F)c2F)nn1. The molecule has 0 bridgehead atoms. The molecule has 0 spiro atoms. The average Bonchev–Trinajstić information content (AvgIpc) is 2.90. The lowest BCUT2D eigenvalue weighted by Crippen LogP contribution is -2.16. The Kier molecular flexibility index (Phi) is 4.17. The Morgan fingerprint density at radius 2 is 1.86 bits per heavy atom. The Morgan fingerprint density at radius 1 is 1.24 bits per heavy atom. The first-order valence-electron chi connectivity index (χ1n) is 5.68. The van der Waals surface area contributed by atoms with Gasteiger partial charge in [-0.3, -0.25) is 9.48 Å². The van der Waals surface area contributed by atoms with Gasteiger partial charge in [0.1, 0.15) is 5.69 Å². The van der Waals surface area contributed by atoms with Crippen LogP contribution in [0, 0.1) is 23.3 Å². The number of benzene rings is 1. The normalized spacial score (nSPS) is 10.7. The fraction of sp³-hybridized carbons (Fsp3) is 0.182. The highest BCUT2D eigenvalue weighted by atomic mass is 19.2. The molecule has 0 fully saturated rings. The summed E-state index contributed by atoms with van der Waals surface area (Å²) in [6, 6.07) is 0.0395. The summed E-state index contributed by atoms with van der Waals surface area (Å²) in [6.45, 7) is 0.514. The number of aromatic nitrogens is 3. The molecule has 1 aromatic heterocycles. The molecular formula is C11H9F4N5O. The van der Waals surface area contributed by atoms with E-state index < -0.39 is 34.9 Å². The first-order valence-corrected chi connectivity index (χ1v) is 5.68. The van der Waals surface area contributed by atoms with Gasteiger partial charge in [-0.15, -0.1) is 5.10 Å². The number of nitrogens with one attached hydrogen (secondary N) is 1. The number of nitrogens with two attached hydrogens (primary N) is 1. The number of hydrogen-bond donors (Lipinski definition) is 2. The van der Waals surface area contributed by atoms with Gasteiger partial charge >= 0.3 is 0 Å². The van der Waals surface area contributed by atoms with Crippen LogP contribution in [0.15, 0.2) is 12.3 Å². The Labute approximate surface area is 115 Å². The second-order valence-electron chi connectivity index (χ2n) is 3.95. The van der Waals surface area contributed by atoms with Crippen molar-refractivity contribution in [2.45, 2.75) is 6.54 Å². The van der Waals surface area contributed by atoms with Crippen LogP contribution in [0.3, 0.4) is 0 Å². The van der Waals surface area contributed by atoms with Gasteiger partial charge in [0.2, 0.25) is 0 Å². The van der Waals surface area contributed by atoms with Crippen LogP contribution in [0.2, 0.25) is 0 Å². The van der Waals surface area contributed by atoms with Crippen molar-refractivity contribution in [3.63, 3.8) is 0 Å². The molecule has 0 saturated heterocycles. The van der Waals surface area contributed by atoms with Gasteiger partial charge < -0.3 is 11.1 Å². The number of anilines is 1. The van der Waals surface area contributed by atoms with Crippen molar-refractivity contribution in [3.05, 3.63) is 41.2 Å². The van der Waals surface area contributed by atoms with Crippen LogP contribution in [0.1, 0.15) is 10.5 Å². The van der Waals surface area contributed by atoms with Crippen molar-refractivity contribution in [1.29, 1.82) is 0 Å². The molecule has 1 amide bonds. The van der Waals surface area contributed by atoms with E-state index >= 15 is 0 Å². The lowest BCUT2D eigenvalue weighted by atomic mass is 10.2. The molecule has 21 heavy (non-hydrogen) atoms. The molecule has 0 saturated carbocycles. The highest BCUT2D eigenvalue weighted by Gasteiger charge is 2.22. The third kappa shape index (κ3) is 2.99. The smallest absolute Gasteiger partial charge is 0.278 e. The van der Waals surface area contributed by atoms with Gasteiger partial charge in [0, 0.05) is 12.6 Å². The molecule has 2 aromatic rings. The standard InChI is InChI=1S/C11H9F4N5O/c12-5-3-6(13)9(15)10(8(5)14)17-11(21)7-4-20(2-1-16)19-18-7/h3-4H,1-2,16H2,(H,17,21). The molecule has 0 unspecified atom stereocenters. The van der Waals surface area contributed by atoms with Crippen LogP contribution in [-0.4, -0.2) is 27.4 Å². The first kappa shape index (κ1) is 14.9. The van der Waals surface area contributed by atoms with E-state index in [-0.39, 0.29) is 24.8 Å². The van der Waals surface area contributed by atoms with Gasteiger partial charge in [0.25, 0.3) is 5.91 Å². The van der Waals surface area contributed by atoms with Gasteiger partial charge in [-0.05, 0) is 0 Å². The summed E-state index contributed by atoms with van der Waals surface area (Å²) in [6.07, 6.45) is 1.17. The lowest BCUT2D eigenvalue weighted by Gasteiger charge is -2.07. The Morgan fingerprint density at radius 3 is 2.43 bits per heavy atom. The summed E-state index contributed by atoms with van der Waals surface area (Å²) in [5.74, 6) is -7.75. The molecule has 0 aliphatic heterocycles. The second-order valence-corrected chi connectivity index (χ2v) is 3.95. The molecule has 10 heteroatoms. The maximum atomic E-state index is 13.4. The molecule has 2 rings (SSSR count). The number of rotatable bonds is 4. The van der Waals surface area contributed by atoms with Crippen molar-refractivity contribution in [2.24, 2.45) is 5.73 Å². The fourth-order valence-corrected chi connectivity index (χ4v) is 1.50. The van der Waals surface area contributed by atoms with E-state index in [0.29, 0.717) is 0 Å². The van der Waals surface area contributed by atoms with Gasteiger partial charge in [0.15, 0.2) is 29.0 Å². The minimum absolute atomic E-state index is 0.0395. The molecule has 0 atom stereocenters.